The third kappa shape index (κ3) is 5.96. The van der Waals surface area contributed by atoms with Crippen LogP contribution >= 0.6 is 11.8 Å². The molecule has 0 bridgehead atoms. The lowest BCUT2D eigenvalue weighted by atomic mass is 9.92. The molecule has 0 N–H and O–H groups in total. The van der Waals surface area contributed by atoms with Crippen molar-refractivity contribution in [3.8, 4) is 11.4 Å². The van der Waals surface area contributed by atoms with Crippen LogP contribution in [0.5, 0.6) is 5.75 Å². The van der Waals surface area contributed by atoms with Gasteiger partial charge in [-0.25, -0.2) is 0 Å². The highest BCUT2D eigenvalue weighted by molar-refractivity contribution is 7.99. The first-order valence-electron chi connectivity index (χ1n) is 11.7. The molecule has 1 amide bonds. The van der Waals surface area contributed by atoms with Crippen molar-refractivity contribution in [3.63, 3.8) is 0 Å². The molecule has 174 valence electrons. The summed E-state index contributed by atoms with van der Waals surface area (Å²) in [6, 6.07) is 18.2. The summed E-state index contributed by atoms with van der Waals surface area (Å²) in [5.41, 5.74) is 2.13. The van der Waals surface area contributed by atoms with Gasteiger partial charge in [0.25, 0.3) is 0 Å². The predicted molar refractivity (Wildman–Crippen MR) is 132 cm³/mol. The molecular weight excluding hydrogens is 432 g/mol. The SMILES string of the molecule is CCOc1ccc(-n2c(Cc3ccccc3)nnc2SCC(=O)N2CC(C)CC(C)C2)cc1. The second-order valence-corrected chi connectivity index (χ2v) is 9.80. The highest BCUT2D eigenvalue weighted by Crippen LogP contribution is 2.27. The van der Waals surface area contributed by atoms with Gasteiger partial charge in [0.15, 0.2) is 5.16 Å². The maximum Gasteiger partial charge on any atom is 0.233 e. The first-order chi connectivity index (χ1) is 16.0. The first kappa shape index (κ1) is 23.4. The molecule has 33 heavy (non-hydrogen) atoms. The maximum atomic E-state index is 13.0. The van der Waals surface area contributed by atoms with E-state index in [9.17, 15) is 4.79 Å². The zero-order valence-corrected chi connectivity index (χ0v) is 20.4. The fourth-order valence-corrected chi connectivity index (χ4v) is 5.36. The number of carbonyl (C=O) groups excluding carboxylic acids is 1. The number of ether oxygens (including phenoxy) is 1. The van der Waals surface area contributed by atoms with Crippen LogP contribution in [-0.2, 0) is 11.2 Å². The quantitative estimate of drug-likeness (QED) is 0.446. The zero-order valence-electron chi connectivity index (χ0n) is 19.6. The van der Waals surface area contributed by atoms with Crippen LogP contribution in [-0.4, -0.2) is 51.0 Å². The Hall–Kier alpha value is -2.80. The van der Waals surface area contributed by atoms with Crippen molar-refractivity contribution in [1.82, 2.24) is 19.7 Å². The van der Waals surface area contributed by atoms with E-state index in [4.69, 9.17) is 4.74 Å². The summed E-state index contributed by atoms with van der Waals surface area (Å²) in [5.74, 6) is 3.31. The van der Waals surface area contributed by atoms with E-state index in [0.717, 1.165) is 35.5 Å². The fraction of sp³-hybridized carbons (Fsp3) is 0.423. The van der Waals surface area contributed by atoms with Crippen LogP contribution in [0.3, 0.4) is 0 Å². The lowest BCUT2D eigenvalue weighted by molar-refractivity contribution is -0.130. The average Bonchev–Trinajstić information content (AvgIpc) is 3.20. The van der Waals surface area contributed by atoms with Crippen LogP contribution in [0, 0.1) is 11.8 Å². The average molecular weight is 465 g/mol. The minimum Gasteiger partial charge on any atom is -0.494 e. The van der Waals surface area contributed by atoms with Crippen LogP contribution in [0.2, 0.25) is 0 Å². The van der Waals surface area contributed by atoms with Crippen LogP contribution in [0.1, 0.15) is 38.6 Å². The molecular formula is C26H32N4O2S. The monoisotopic (exact) mass is 464 g/mol. The number of benzene rings is 2. The second-order valence-electron chi connectivity index (χ2n) is 8.86. The predicted octanol–water partition coefficient (Wildman–Crippen LogP) is 4.85. The van der Waals surface area contributed by atoms with Crippen LogP contribution in [0.25, 0.3) is 5.69 Å². The van der Waals surface area contributed by atoms with Gasteiger partial charge in [-0.2, -0.15) is 0 Å². The Kier molecular flexibility index (Phi) is 7.70. The molecule has 0 spiro atoms. The van der Waals surface area contributed by atoms with Crippen molar-refractivity contribution >= 4 is 17.7 Å². The number of thioether (sulfide) groups is 1. The molecule has 1 aliphatic heterocycles. The molecule has 0 radical (unpaired) electrons. The van der Waals surface area contributed by atoms with Crippen molar-refractivity contribution in [1.29, 1.82) is 0 Å². The molecule has 1 aromatic heterocycles. The Morgan fingerprint density at radius 1 is 1.03 bits per heavy atom. The van der Waals surface area contributed by atoms with Crippen molar-refractivity contribution in [2.24, 2.45) is 11.8 Å². The fourth-order valence-electron chi connectivity index (χ4n) is 4.49. The Labute approximate surface area is 200 Å². The van der Waals surface area contributed by atoms with Gasteiger partial charge in [-0.05, 0) is 55.0 Å². The number of hydrogen-bond donors (Lipinski definition) is 0. The van der Waals surface area contributed by atoms with E-state index in [1.54, 1.807) is 0 Å². The number of piperidine rings is 1. The number of nitrogens with zero attached hydrogens (tertiary/aromatic N) is 4. The smallest absolute Gasteiger partial charge is 0.233 e. The Morgan fingerprint density at radius 2 is 1.73 bits per heavy atom. The second kappa shape index (κ2) is 10.9. The van der Waals surface area contributed by atoms with Gasteiger partial charge in [0, 0.05) is 25.2 Å². The molecule has 3 aromatic rings. The van der Waals surface area contributed by atoms with E-state index in [-0.39, 0.29) is 5.91 Å². The number of hydrogen-bond acceptors (Lipinski definition) is 5. The molecule has 1 saturated heterocycles. The number of likely N-dealkylation sites (tertiary alicyclic amines) is 1. The van der Waals surface area contributed by atoms with E-state index in [1.165, 1.54) is 23.7 Å². The first-order valence-corrected chi connectivity index (χ1v) is 12.6. The minimum absolute atomic E-state index is 0.171. The summed E-state index contributed by atoms with van der Waals surface area (Å²) in [7, 11) is 0. The molecule has 2 aromatic carbocycles. The van der Waals surface area contributed by atoms with E-state index in [0.29, 0.717) is 30.6 Å². The van der Waals surface area contributed by atoms with Crippen LogP contribution in [0.15, 0.2) is 59.8 Å². The molecule has 7 heteroatoms. The summed E-state index contributed by atoms with van der Waals surface area (Å²) < 4.78 is 7.66. The molecule has 6 nitrogen and oxygen atoms in total. The summed E-state index contributed by atoms with van der Waals surface area (Å²) in [4.78, 5) is 15.0. The topological polar surface area (TPSA) is 60.2 Å². The van der Waals surface area contributed by atoms with Gasteiger partial charge >= 0.3 is 0 Å². The van der Waals surface area contributed by atoms with E-state index < -0.39 is 0 Å². The van der Waals surface area contributed by atoms with Gasteiger partial charge in [0.05, 0.1) is 12.4 Å². The maximum absolute atomic E-state index is 13.0. The minimum atomic E-state index is 0.171. The van der Waals surface area contributed by atoms with Crippen molar-refractivity contribution in [3.05, 3.63) is 66.0 Å². The van der Waals surface area contributed by atoms with Crippen LogP contribution < -0.4 is 4.74 Å². The number of amides is 1. The molecule has 2 heterocycles. The lowest BCUT2D eigenvalue weighted by Gasteiger charge is -2.34. The molecule has 4 rings (SSSR count). The van der Waals surface area contributed by atoms with Gasteiger partial charge < -0.3 is 9.64 Å². The van der Waals surface area contributed by atoms with E-state index in [1.807, 2.05) is 54.3 Å². The highest BCUT2D eigenvalue weighted by Gasteiger charge is 2.26. The molecule has 2 atom stereocenters. The number of carbonyl (C=O) groups is 1. The normalized spacial score (nSPS) is 18.3. The van der Waals surface area contributed by atoms with E-state index >= 15 is 0 Å². The van der Waals surface area contributed by atoms with Gasteiger partial charge in [0.2, 0.25) is 5.91 Å². The Morgan fingerprint density at radius 3 is 2.39 bits per heavy atom. The highest BCUT2D eigenvalue weighted by atomic mass is 32.2. The van der Waals surface area contributed by atoms with Crippen molar-refractivity contribution in [2.45, 2.75) is 38.8 Å². The Balaban J connectivity index is 1.56. The van der Waals surface area contributed by atoms with Gasteiger partial charge in [-0.3, -0.25) is 9.36 Å². The summed E-state index contributed by atoms with van der Waals surface area (Å²) >= 11 is 1.46. The van der Waals surface area contributed by atoms with Crippen LogP contribution in [0.4, 0.5) is 0 Å². The molecule has 0 aliphatic carbocycles. The molecule has 1 fully saturated rings. The summed E-state index contributed by atoms with van der Waals surface area (Å²) in [6.45, 7) is 8.73. The molecule has 1 aliphatic rings. The third-order valence-electron chi connectivity index (χ3n) is 5.86. The number of aromatic nitrogens is 3. The zero-order chi connectivity index (χ0) is 23.2. The van der Waals surface area contributed by atoms with Crippen molar-refractivity contribution in [2.75, 3.05) is 25.4 Å². The summed E-state index contributed by atoms with van der Waals surface area (Å²) in [5, 5.41) is 9.70. The third-order valence-corrected chi connectivity index (χ3v) is 6.77. The van der Waals surface area contributed by atoms with Crippen molar-refractivity contribution < 1.29 is 9.53 Å². The largest absolute Gasteiger partial charge is 0.494 e. The summed E-state index contributed by atoms with van der Waals surface area (Å²) in [6.07, 6.45) is 1.85. The van der Waals surface area contributed by atoms with Gasteiger partial charge in [-0.1, -0.05) is 55.9 Å². The molecule has 2 unspecified atom stereocenters. The lowest BCUT2D eigenvalue weighted by Crippen LogP contribution is -2.43. The number of rotatable bonds is 8. The standard InChI is InChI=1S/C26H32N4O2S/c1-4-32-23-12-10-22(11-13-23)30-24(15-21-8-6-5-7-9-21)27-28-26(30)33-18-25(31)29-16-19(2)14-20(3)17-29/h5-13,19-20H,4,14-18H2,1-3H3. The van der Waals surface area contributed by atoms with Gasteiger partial charge in [-0.15, -0.1) is 10.2 Å². The van der Waals surface area contributed by atoms with E-state index in [2.05, 4.69) is 40.7 Å². The molecule has 0 saturated carbocycles. The van der Waals surface area contributed by atoms with Gasteiger partial charge in [0.1, 0.15) is 11.6 Å². The Bertz CT molecular complexity index is 1040.